The van der Waals surface area contributed by atoms with Crippen molar-refractivity contribution < 1.29 is 4.42 Å². The van der Waals surface area contributed by atoms with E-state index in [-0.39, 0.29) is 6.04 Å². The second-order valence-electron chi connectivity index (χ2n) is 5.77. The molecule has 1 atom stereocenters. The molecule has 0 bridgehead atoms. The third-order valence-corrected chi connectivity index (χ3v) is 4.70. The summed E-state index contributed by atoms with van der Waals surface area (Å²) in [5, 5.41) is 8.51. The number of likely N-dealkylation sites (N-methyl/N-ethyl adjacent to an activating group) is 1. The van der Waals surface area contributed by atoms with Gasteiger partial charge >= 0.3 is 0 Å². The number of halogens is 1. The van der Waals surface area contributed by atoms with Gasteiger partial charge in [-0.25, -0.2) is 0 Å². The number of rotatable bonds is 5. The minimum Gasteiger partial charge on any atom is -0.453 e. The van der Waals surface area contributed by atoms with Crippen LogP contribution >= 0.6 is 11.6 Å². The highest BCUT2D eigenvalue weighted by atomic mass is 35.5. The Kier molecular flexibility index (Phi) is 4.66. The van der Waals surface area contributed by atoms with Gasteiger partial charge in [0.1, 0.15) is 0 Å². The van der Waals surface area contributed by atoms with Crippen molar-refractivity contribution >= 4 is 11.6 Å². The number of hydrogen-bond donors (Lipinski definition) is 1. The molecule has 2 aromatic rings. The summed E-state index contributed by atoms with van der Waals surface area (Å²) in [6.07, 6.45) is 11.1. The van der Waals surface area contributed by atoms with Gasteiger partial charge < -0.3 is 9.73 Å². The molecule has 1 saturated carbocycles. The number of aromatic nitrogens is 2. The normalized spacial score (nSPS) is 18.0. The Balaban J connectivity index is 1.69. The molecule has 2 aromatic heterocycles. The SMILES string of the molecule is CNC(Cc1ccn(C2CCCCC2)n1)c1ccoc1Cl. The summed E-state index contributed by atoms with van der Waals surface area (Å²) in [4.78, 5) is 0. The summed E-state index contributed by atoms with van der Waals surface area (Å²) in [6, 6.07) is 4.75. The lowest BCUT2D eigenvalue weighted by Gasteiger charge is -2.22. The van der Waals surface area contributed by atoms with Gasteiger partial charge in [-0.05, 0) is 43.6 Å². The molecule has 21 heavy (non-hydrogen) atoms. The Morgan fingerprint density at radius 3 is 2.86 bits per heavy atom. The van der Waals surface area contributed by atoms with Crippen LogP contribution in [0.25, 0.3) is 0 Å². The first-order valence-corrected chi connectivity index (χ1v) is 8.10. The first kappa shape index (κ1) is 14.7. The van der Waals surface area contributed by atoms with Gasteiger partial charge in [-0.1, -0.05) is 19.3 Å². The summed E-state index contributed by atoms with van der Waals surface area (Å²) >= 11 is 6.07. The van der Waals surface area contributed by atoms with Crippen LogP contribution in [0.4, 0.5) is 0 Å². The van der Waals surface area contributed by atoms with Crippen molar-refractivity contribution in [2.24, 2.45) is 0 Å². The first-order chi connectivity index (χ1) is 10.3. The van der Waals surface area contributed by atoms with Crippen molar-refractivity contribution in [3.05, 3.63) is 41.1 Å². The van der Waals surface area contributed by atoms with Crippen molar-refractivity contribution in [2.45, 2.75) is 50.6 Å². The zero-order valence-corrected chi connectivity index (χ0v) is 13.1. The molecule has 1 unspecified atom stereocenters. The minimum atomic E-state index is 0.131. The lowest BCUT2D eigenvalue weighted by atomic mass is 9.96. The van der Waals surface area contributed by atoms with E-state index in [1.165, 1.54) is 32.1 Å². The highest BCUT2D eigenvalue weighted by Gasteiger charge is 2.19. The summed E-state index contributed by atoms with van der Waals surface area (Å²) in [6.45, 7) is 0. The Morgan fingerprint density at radius 2 is 2.19 bits per heavy atom. The molecule has 2 heterocycles. The van der Waals surface area contributed by atoms with Gasteiger partial charge in [0.05, 0.1) is 18.0 Å². The molecule has 1 N–H and O–H groups in total. The lowest BCUT2D eigenvalue weighted by Crippen LogP contribution is -2.19. The predicted octanol–water partition coefficient (Wildman–Crippen LogP) is 4.14. The van der Waals surface area contributed by atoms with Crippen molar-refractivity contribution in [2.75, 3.05) is 7.05 Å². The van der Waals surface area contributed by atoms with Gasteiger partial charge in [-0.3, -0.25) is 4.68 Å². The molecule has 4 nitrogen and oxygen atoms in total. The van der Waals surface area contributed by atoms with Crippen LogP contribution in [-0.2, 0) is 6.42 Å². The third kappa shape index (κ3) is 3.33. The molecule has 0 spiro atoms. The van der Waals surface area contributed by atoms with Gasteiger partial charge in [0.25, 0.3) is 0 Å². The van der Waals surface area contributed by atoms with Gasteiger partial charge in [-0.15, -0.1) is 0 Å². The van der Waals surface area contributed by atoms with E-state index in [0.717, 1.165) is 17.7 Å². The fourth-order valence-electron chi connectivity index (χ4n) is 3.17. The summed E-state index contributed by atoms with van der Waals surface area (Å²) < 4.78 is 7.34. The monoisotopic (exact) mass is 307 g/mol. The molecular weight excluding hydrogens is 286 g/mol. The van der Waals surface area contributed by atoms with E-state index in [9.17, 15) is 0 Å². The Morgan fingerprint density at radius 1 is 1.38 bits per heavy atom. The van der Waals surface area contributed by atoms with Crippen LogP contribution in [0.5, 0.6) is 0 Å². The average molecular weight is 308 g/mol. The van der Waals surface area contributed by atoms with Gasteiger partial charge in [0.15, 0.2) is 5.22 Å². The van der Waals surface area contributed by atoms with Crippen LogP contribution in [0.2, 0.25) is 5.22 Å². The van der Waals surface area contributed by atoms with Gasteiger partial charge in [-0.2, -0.15) is 5.10 Å². The smallest absolute Gasteiger partial charge is 0.197 e. The standard InChI is InChI=1S/C16H22ClN3O/c1-18-15(14-8-10-21-16(14)17)11-12-7-9-20(19-12)13-5-3-2-4-6-13/h7-10,13,15,18H,2-6,11H2,1H3. The van der Waals surface area contributed by atoms with E-state index >= 15 is 0 Å². The van der Waals surface area contributed by atoms with E-state index < -0.39 is 0 Å². The highest BCUT2D eigenvalue weighted by molar-refractivity contribution is 6.29. The lowest BCUT2D eigenvalue weighted by molar-refractivity contribution is 0.327. The van der Waals surface area contributed by atoms with Crippen LogP contribution in [0.3, 0.4) is 0 Å². The molecule has 0 amide bonds. The fraction of sp³-hybridized carbons (Fsp3) is 0.562. The molecule has 0 radical (unpaired) electrons. The maximum atomic E-state index is 6.07. The zero-order valence-electron chi connectivity index (χ0n) is 12.4. The molecule has 5 heteroatoms. The maximum Gasteiger partial charge on any atom is 0.197 e. The molecule has 3 rings (SSSR count). The van der Waals surface area contributed by atoms with E-state index in [1.54, 1.807) is 6.26 Å². The quantitative estimate of drug-likeness (QED) is 0.903. The van der Waals surface area contributed by atoms with Gasteiger partial charge in [0, 0.05) is 24.2 Å². The molecule has 0 aromatic carbocycles. The first-order valence-electron chi connectivity index (χ1n) is 7.72. The van der Waals surface area contributed by atoms with Gasteiger partial charge in [0.2, 0.25) is 0 Å². The molecule has 1 aliphatic carbocycles. The molecule has 0 saturated heterocycles. The van der Waals surface area contributed by atoms with Crippen molar-refractivity contribution in [3.8, 4) is 0 Å². The van der Waals surface area contributed by atoms with Crippen LogP contribution < -0.4 is 5.32 Å². The number of furan rings is 1. The summed E-state index contributed by atoms with van der Waals surface area (Å²) in [5.74, 6) is 0. The fourth-order valence-corrected chi connectivity index (χ4v) is 3.41. The topological polar surface area (TPSA) is 43.0 Å². The summed E-state index contributed by atoms with van der Waals surface area (Å²) in [5.41, 5.74) is 2.09. The largest absolute Gasteiger partial charge is 0.453 e. The molecule has 0 aliphatic heterocycles. The van der Waals surface area contributed by atoms with Crippen LogP contribution in [-0.4, -0.2) is 16.8 Å². The third-order valence-electron chi connectivity index (χ3n) is 4.40. The van der Waals surface area contributed by atoms with E-state index in [4.69, 9.17) is 21.1 Å². The average Bonchev–Trinajstić information content (AvgIpc) is 3.15. The van der Waals surface area contributed by atoms with Crippen LogP contribution in [0.1, 0.15) is 55.4 Å². The second-order valence-corrected chi connectivity index (χ2v) is 6.12. The molecule has 1 aliphatic rings. The number of nitrogens with zero attached hydrogens (tertiary/aromatic N) is 2. The molecule has 1 fully saturated rings. The Bertz CT molecular complexity index is 572. The number of nitrogens with one attached hydrogen (secondary N) is 1. The van der Waals surface area contributed by atoms with Crippen LogP contribution in [0.15, 0.2) is 29.0 Å². The maximum absolute atomic E-state index is 6.07. The van der Waals surface area contributed by atoms with E-state index in [0.29, 0.717) is 11.3 Å². The Hall–Kier alpha value is -1.26. The van der Waals surface area contributed by atoms with Crippen molar-refractivity contribution in [1.82, 2.24) is 15.1 Å². The predicted molar refractivity (Wildman–Crippen MR) is 83.6 cm³/mol. The van der Waals surface area contributed by atoms with E-state index in [2.05, 4.69) is 22.3 Å². The van der Waals surface area contributed by atoms with E-state index in [1.807, 2.05) is 13.1 Å². The second kappa shape index (κ2) is 6.67. The van der Waals surface area contributed by atoms with Crippen LogP contribution in [0, 0.1) is 0 Å². The molecular formula is C16H22ClN3O. The minimum absolute atomic E-state index is 0.131. The summed E-state index contributed by atoms with van der Waals surface area (Å²) in [7, 11) is 1.94. The Labute approximate surface area is 130 Å². The highest BCUT2D eigenvalue weighted by Crippen LogP contribution is 2.29. The zero-order chi connectivity index (χ0) is 14.7. The van der Waals surface area contributed by atoms with Crippen molar-refractivity contribution in [1.29, 1.82) is 0 Å². The molecule has 114 valence electrons. The number of hydrogen-bond acceptors (Lipinski definition) is 3. The van der Waals surface area contributed by atoms with Crippen molar-refractivity contribution in [3.63, 3.8) is 0 Å².